The molecule has 0 radical (unpaired) electrons. The van der Waals surface area contributed by atoms with Crippen LogP contribution in [0, 0.1) is 0 Å². The van der Waals surface area contributed by atoms with Crippen LogP contribution < -0.4 is 0 Å². The summed E-state index contributed by atoms with van der Waals surface area (Å²) in [6.07, 6.45) is 1.91. The maximum Gasteiger partial charge on any atom is 0.253 e. The lowest BCUT2D eigenvalue weighted by atomic mass is 10.0. The number of amides is 1. The minimum absolute atomic E-state index is 0.364. The third-order valence-corrected chi connectivity index (χ3v) is 2.66. The minimum atomic E-state index is -0.855. The summed E-state index contributed by atoms with van der Waals surface area (Å²) in [5.74, 6) is -0.364. The van der Waals surface area contributed by atoms with Crippen LogP contribution in [-0.2, 0) is 4.79 Å². The molecular formula is C9H17FN2O. The van der Waals surface area contributed by atoms with E-state index < -0.39 is 6.67 Å². The highest BCUT2D eigenvalue weighted by molar-refractivity contribution is 5.77. The van der Waals surface area contributed by atoms with Crippen LogP contribution in [0.3, 0.4) is 0 Å². The van der Waals surface area contributed by atoms with Crippen LogP contribution >= 0.6 is 0 Å². The third kappa shape index (κ3) is 2.66. The largest absolute Gasteiger partial charge is 0.340 e. The standard InChI is InChI=1S/C9H17FN2O/c1-11(2)8-3-5-12(6-4-8)9(13)7-10/h8H,3-7H2,1-2H3. The molecule has 1 heterocycles. The van der Waals surface area contributed by atoms with Gasteiger partial charge in [-0.1, -0.05) is 0 Å². The number of nitrogens with zero attached hydrogens (tertiary/aromatic N) is 2. The lowest BCUT2D eigenvalue weighted by Crippen LogP contribution is -2.44. The summed E-state index contributed by atoms with van der Waals surface area (Å²) < 4.78 is 12.0. The predicted molar refractivity (Wildman–Crippen MR) is 49.3 cm³/mol. The van der Waals surface area contributed by atoms with Gasteiger partial charge in [0, 0.05) is 19.1 Å². The monoisotopic (exact) mass is 188 g/mol. The van der Waals surface area contributed by atoms with Crippen LogP contribution in [0.15, 0.2) is 0 Å². The fourth-order valence-electron chi connectivity index (χ4n) is 1.72. The molecule has 1 aliphatic heterocycles. The van der Waals surface area contributed by atoms with Crippen LogP contribution in [0.25, 0.3) is 0 Å². The molecule has 76 valence electrons. The number of rotatable bonds is 2. The van der Waals surface area contributed by atoms with Gasteiger partial charge in [-0.3, -0.25) is 4.79 Å². The van der Waals surface area contributed by atoms with E-state index in [-0.39, 0.29) is 5.91 Å². The quantitative estimate of drug-likeness (QED) is 0.630. The number of piperidine rings is 1. The van der Waals surface area contributed by atoms with Crippen LogP contribution in [0.4, 0.5) is 4.39 Å². The highest BCUT2D eigenvalue weighted by Crippen LogP contribution is 2.13. The van der Waals surface area contributed by atoms with Crippen molar-refractivity contribution >= 4 is 5.91 Å². The molecule has 0 unspecified atom stereocenters. The maximum absolute atomic E-state index is 12.0. The van der Waals surface area contributed by atoms with E-state index in [0.29, 0.717) is 19.1 Å². The van der Waals surface area contributed by atoms with Gasteiger partial charge in [0.25, 0.3) is 5.91 Å². The van der Waals surface area contributed by atoms with E-state index in [9.17, 15) is 9.18 Å². The van der Waals surface area contributed by atoms with Crippen LogP contribution in [-0.4, -0.2) is 55.6 Å². The maximum atomic E-state index is 12.0. The summed E-state index contributed by atoms with van der Waals surface area (Å²) in [5.41, 5.74) is 0. The Labute approximate surface area is 78.5 Å². The minimum Gasteiger partial charge on any atom is -0.340 e. The van der Waals surface area contributed by atoms with E-state index in [0.717, 1.165) is 12.8 Å². The molecular weight excluding hydrogens is 171 g/mol. The summed E-state index contributed by atoms with van der Waals surface area (Å²) in [4.78, 5) is 14.8. The molecule has 0 bridgehead atoms. The second-order valence-electron chi connectivity index (χ2n) is 3.71. The average molecular weight is 188 g/mol. The molecule has 13 heavy (non-hydrogen) atoms. The summed E-state index contributed by atoms with van der Waals surface area (Å²) in [6.45, 7) is 0.545. The Morgan fingerprint density at radius 1 is 1.46 bits per heavy atom. The first kappa shape index (κ1) is 10.4. The number of hydrogen-bond donors (Lipinski definition) is 0. The van der Waals surface area contributed by atoms with Crippen molar-refractivity contribution in [3.8, 4) is 0 Å². The normalized spacial score (nSPS) is 19.5. The number of alkyl halides is 1. The lowest BCUT2D eigenvalue weighted by molar-refractivity contribution is -0.133. The predicted octanol–water partition coefficient (Wildman–Crippen LogP) is 0.508. The Morgan fingerprint density at radius 3 is 2.38 bits per heavy atom. The second-order valence-corrected chi connectivity index (χ2v) is 3.71. The first-order chi connectivity index (χ1) is 6.15. The summed E-state index contributed by atoms with van der Waals surface area (Å²) in [6, 6.07) is 0.545. The van der Waals surface area contributed by atoms with Gasteiger partial charge in [0.1, 0.15) is 0 Å². The Balaban J connectivity index is 2.34. The topological polar surface area (TPSA) is 23.6 Å². The van der Waals surface area contributed by atoms with E-state index in [2.05, 4.69) is 4.90 Å². The Kier molecular flexibility index (Phi) is 3.66. The van der Waals surface area contributed by atoms with Crippen molar-refractivity contribution in [2.75, 3.05) is 33.9 Å². The van der Waals surface area contributed by atoms with Crippen LogP contribution in [0.1, 0.15) is 12.8 Å². The Morgan fingerprint density at radius 2 is 2.00 bits per heavy atom. The first-order valence-electron chi connectivity index (χ1n) is 4.65. The van der Waals surface area contributed by atoms with Crippen LogP contribution in [0.2, 0.25) is 0 Å². The highest BCUT2D eigenvalue weighted by Gasteiger charge is 2.23. The highest BCUT2D eigenvalue weighted by atomic mass is 19.1. The molecule has 1 fully saturated rings. The van der Waals surface area contributed by atoms with Crippen LogP contribution in [0.5, 0.6) is 0 Å². The van der Waals surface area contributed by atoms with Gasteiger partial charge in [-0.05, 0) is 26.9 Å². The van der Waals surface area contributed by atoms with Gasteiger partial charge in [-0.15, -0.1) is 0 Å². The zero-order valence-electron chi connectivity index (χ0n) is 8.29. The van der Waals surface area contributed by atoms with Crippen molar-refractivity contribution in [1.29, 1.82) is 0 Å². The van der Waals surface area contributed by atoms with Gasteiger partial charge in [0.15, 0.2) is 6.67 Å². The van der Waals surface area contributed by atoms with E-state index in [1.807, 2.05) is 14.1 Å². The van der Waals surface area contributed by atoms with Gasteiger partial charge >= 0.3 is 0 Å². The molecule has 0 N–H and O–H groups in total. The fourth-order valence-corrected chi connectivity index (χ4v) is 1.72. The summed E-state index contributed by atoms with van der Waals surface area (Å²) in [7, 11) is 4.08. The van der Waals surface area contributed by atoms with Gasteiger partial charge in [-0.25, -0.2) is 4.39 Å². The molecule has 0 aromatic rings. The average Bonchev–Trinajstić information content (AvgIpc) is 2.17. The van der Waals surface area contributed by atoms with Crippen molar-refractivity contribution in [2.24, 2.45) is 0 Å². The molecule has 0 saturated carbocycles. The fraction of sp³-hybridized carbons (Fsp3) is 0.889. The van der Waals surface area contributed by atoms with Gasteiger partial charge in [0.2, 0.25) is 0 Å². The van der Waals surface area contributed by atoms with Crippen molar-refractivity contribution in [3.05, 3.63) is 0 Å². The molecule has 0 aliphatic carbocycles. The molecule has 1 rings (SSSR count). The molecule has 1 saturated heterocycles. The van der Waals surface area contributed by atoms with Gasteiger partial charge < -0.3 is 9.80 Å². The lowest BCUT2D eigenvalue weighted by Gasteiger charge is -2.34. The Bertz CT molecular complexity index is 176. The molecule has 0 aromatic carbocycles. The summed E-state index contributed by atoms with van der Waals surface area (Å²) in [5, 5.41) is 0. The molecule has 0 atom stereocenters. The second kappa shape index (κ2) is 4.56. The van der Waals surface area contributed by atoms with Crippen molar-refractivity contribution < 1.29 is 9.18 Å². The summed E-state index contributed by atoms with van der Waals surface area (Å²) >= 11 is 0. The molecule has 0 aromatic heterocycles. The van der Waals surface area contributed by atoms with E-state index >= 15 is 0 Å². The van der Waals surface area contributed by atoms with Crippen molar-refractivity contribution in [1.82, 2.24) is 9.80 Å². The number of hydrogen-bond acceptors (Lipinski definition) is 2. The number of halogens is 1. The smallest absolute Gasteiger partial charge is 0.253 e. The van der Waals surface area contributed by atoms with E-state index in [1.165, 1.54) is 0 Å². The zero-order valence-corrected chi connectivity index (χ0v) is 8.29. The molecule has 0 spiro atoms. The molecule has 4 heteroatoms. The third-order valence-electron chi connectivity index (χ3n) is 2.66. The van der Waals surface area contributed by atoms with Crippen molar-refractivity contribution in [2.45, 2.75) is 18.9 Å². The Hall–Kier alpha value is -0.640. The SMILES string of the molecule is CN(C)C1CCN(C(=O)CF)CC1. The van der Waals surface area contributed by atoms with E-state index in [4.69, 9.17) is 0 Å². The van der Waals surface area contributed by atoms with Gasteiger partial charge in [0.05, 0.1) is 0 Å². The van der Waals surface area contributed by atoms with Gasteiger partial charge in [-0.2, -0.15) is 0 Å². The number of carbonyl (C=O) groups is 1. The zero-order chi connectivity index (χ0) is 9.84. The number of likely N-dealkylation sites (tertiary alicyclic amines) is 1. The molecule has 1 amide bonds. The first-order valence-corrected chi connectivity index (χ1v) is 4.65. The van der Waals surface area contributed by atoms with Crippen molar-refractivity contribution in [3.63, 3.8) is 0 Å². The number of carbonyl (C=O) groups excluding carboxylic acids is 1. The van der Waals surface area contributed by atoms with E-state index in [1.54, 1.807) is 4.90 Å². The molecule has 3 nitrogen and oxygen atoms in total. The molecule has 1 aliphatic rings.